The topological polar surface area (TPSA) is 169 Å². The molecule has 2 aromatic carbocycles. The summed E-state index contributed by atoms with van der Waals surface area (Å²) in [4.78, 5) is 28.0. The molecule has 0 aliphatic rings. The third-order valence-corrected chi connectivity index (χ3v) is 6.65. The molecule has 32 heavy (non-hydrogen) atoms. The quantitative estimate of drug-likeness (QED) is 0.168. The number of anilines is 2. The first-order chi connectivity index (χ1) is 15.1. The molecule has 168 valence electrons. The minimum Gasteiger partial charge on any atom is -0.399 e. The molecule has 1 aromatic heterocycles. The number of carbonyl (C=O) groups excluding carboxylic acids is 2. The smallest absolute Gasteiger partial charge is 0.248 e. The van der Waals surface area contributed by atoms with Gasteiger partial charge in [-0.3, -0.25) is 4.79 Å². The monoisotopic (exact) mass is 502 g/mol. The van der Waals surface area contributed by atoms with Gasteiger partial charge >= 0.3 is 130 Å². The molecule has 0 spiro atoms. The van der Waals surface area contributed by atoms with E-state index in [0.717, 1.165) is 5.69 Å². The fourth-order valence-corrected chi connectivity index (χ4v) is 3.90. The number of benzene rings is 2. The zero-order chi connectivity index (χ0) is 23.7. The van der Waals surface area contributed by atoms with Crippen molar-refractivity contribution in [2.24, 2.45) is 5.73 Å². The number of rotatable bonds is 6. The van der Waals surface area contributed by atoms with Crippen LogP contribution < -0.4 is 20.7 Å². The van der Waals surface area contributed by atoms with Crippen molar-refractivity contribution in [3.05, 3.63) is 84.2 Å². The van der Waals surface area contributed by atoms with Crippen molar-refractivity contribution in [2.45, 2.75) is 13.5 Å². The molecular weight excluding hydrogens is 479 g/mol. The van der Waals surface area contributed by atoms with Gasteiger partial charge in [0.1, 0.15) is 0 Å². The van der Waals surface area contributed by atoms with Gasteiger partial charge in [-0.2, -0.15) is 0 Å². The number of nitrogens with two attached hydrogens (primary N) is 2. The third kappa shape index (κ3) is 7.07. The second kappa shape index (κ2) is 11.3. The van der Waals surface area contributed by atoms with E-state index in [-0.39, 0.29) is 16.8 Å². The average Bonchev–Trinajstić information content (AvgIpc) is 2.78. The summed E-state index contributed by atoms with van der Waals surface area (Å²) in [5.74, 6) is -0.637. The molecule has 1 unspecified atom stereocenters. The Kier molecular flexibility index (Phi) is 8.74. The van der Waals surface area contributed by atoms with Crippen LogP contribution in [0.3, 0.4) is 0 Å². The zero-order valence-corrected chi connectivity index (χ0v) is 19.0. The van der Waals surface area contributed by atoms with Gasteiger partial charge in [-0.05, 0) is 18.2 Å². The van der Waals surface area contributed by atoms with Crippen molar-refractivity contribution in [3.8, 4) is 0 Å². The van der Waals surface area contributed by atoms with E-state index in [1.165, 1.54) is 36.1 Å². The van der Waals surface area contributed by atoms with Crippen LogP contribution in [0.25, 0.3) is 0 Å². The predicted molar refractivity (Wildman–Crippen MR) is 119 cm³/mol. The molecule has 3 aromatic rings. The molecule has 10 nitrogen and oxygen atoms in total. The molecule has 0 radical (unpaired) electrons. The van der Waals surface area contributed by atoms with Gasteiger partial charge in [-0.1, -0.05) is 6.07 Å². The van der Waals surface area contributed by atoms with Crippen LogP contribution in [0.15, 0.2) is 72.9 Å². The molecule has 6 N–H and O–H groups in total. The zero-order valence-electron chi connectivity index (χ0n) is 17.2. The van der Waals surface area contributed by atoms with Crippen molar-refractivity contribution >= 4 is 41.7 Å². The van der Waals surface area contributed by atoms with E-state index in [4.69, 9.17) is 16.7 Å². The van der Waals surface area contributed by atoms with Gasteiger partial charge < -0.3 is 11.5 Å². The Balaban J connectivity index is 0.000000303. The number of hydrogen-bond donors (Lipinski definition) is 4. The Morgan fingerprint density at radius 1 is 1.09 bits per heavy atom. The van der Waals surface area contributed by atoms with Crippen LogP contribution in [0, 0.1) is 0 Å². The minimum absolute atomic E-state index is 0.00860. The number of carbonyl (C=O) groups is 2. The van der Waals surface area contributed by atoms with Crippen molar-refractivity contribution in [1.29, 1.82) is 0 Å². The maximum atomic E-state index is 11.8. The summed E-state index contributed by atoms with van der Waals surface area (Å²) in [5.41, 5.74) is 12.6. The minimum atomic E-state index is -4.87. The predicted octanol–water partition coefficient (Wildman–Crippen LogP) is 1.06. The summed E-state index contributed by atoms with van der Waals surface area (Å²) in [7, 11) is 0. The number of pyridine rings is 1. The van der Waals surface area contributed by atoms with Gasteiger partial charge in [0.15, 0.2) is 0 Å². The van der Waals surface area contributed by atoms with Crippen molar-refractivity contribution in [1.82, 2.24) is 4.98 Å². The number of primary amides is 1. The number of amides is 2. The van der Waals surface area contributed by atoms with E-state index in [1.54, 1.807) is 42.6 Å². The summed E-state index contributed by atoms with van der Waals surface area (Å²) in [6, 6.07) is 17.7. The molecular formula is C21H23AsN4O6. The molecule has 1 heterocycles. The van der Waals surface area contributed by atoms with Crippen molar-refractivity contribution < 1.29 is 26.6 Å². The van der Waals surface area contributed by atoms with E-state index in [2.05, 4.69) is 8.86 Å². The number of nitrogen functional groups attached to an aromatic ring is 1. The van der Waals surface area contributed by atoms with E-state index < -0.39 is 20.1 Å². The molecule has 2 amide bonds. The molecule has 0 saturated carbocycles. The van der Waals surface area contributed by atoms with Gasteiger partial charge in [-0.25, -0.2) is 0 Å². The SMILES string of the molecule is CC(=O)N(Cc1ccccn1)c1ccc([As](=O)(O)OO)cc1.NC(=O)c1cccc(N)c1. The van der Waals surface area contributed by atoms with E-state index in [9.17, 15) is 17.4 Å². The molecule has 0 bridgehead atoms. The van der Waals surface area contributed by atoms with Crippen LogP contribution in [0.2, 0.25) is 0 Å². The van der Waals surface area contributed by atoms with Gasteiger partial charge in [0, 0.05) is 11.3 Å². The summed E-state index contributed by atoms with van der Waals surface area (Å²) < 4.78 is 24.6. The number of aromatic nitrogens is 1. The molecule has 0 aliphatic carbocycles. The van der Waals surface area contributed by atoms with Crippen LogP contribution in [0.4, 0.5) is 11.4 Å². The Bertz CT molecular complexity index is 1110. The van der Waals surface area contributed by atoms with Gasteiger partial charge in [-0.15, -0.1) is 0 Å². The summed E-state index contributed by atoms with van der Waals surface area (Å²) in [6.45, 7) is 1.71. The van der Waals surface area contributed by atoms with E-state index in [0.29, 0.717) is 16.9 Å². The maximum Gasteiger partial charge on any atom is 0.248 e. The van der Waals surface area contributed by atoms with E-state index >= 15 is 0 Å². The molecule has 0 aliphatic heterocycles. The van der Waals surface area contributed by atoms with Crippen LogP contribution in [-0.4, -0.2) is 40.3 Å². The molecule has 0 fully saturated rings. The summed E-state index contributed by atoms with van der Waals surface area (Å²) in [5, 5.41) is 8.45. The second-order valence-corrected chi connectivity index (χ2v) is 10.1. The first-order valence-corrected chi connectivity index (χ1v) is 12.5. The van der Waals surface area contributed by atoms with Crippen LogP contribution in [0.5, 0.6) is 0 Å². The Labute approximate surface area is 187 Å². The van der Waals surface area contributed by atoms with Crippen LogP contribution in [-0.2, 0) is 19.0 Å². The first kappa shape index (κ1) is 24.8. The number of hydrogen-bond acceptors (Lipinski definition) is 7. The summed E-state index contributed by atoms with van der Waals surface area (Å²) in [6.07, 6.45) is 1.64. The third-order valence-electron chi connectivity index (χ3n) is 4.20. The van der Waals surface area contributed by atoms with Gasteiger partial charge in [0.2, 0.25) is 5.91 Å². The first-order valence-electron chi connectivity index (χ1n) is 9.24. The Morgan fingerprint density at radius 3 is 2.25 bits per heavy atom. The maximum absolute atomic E-state index is 11.8. The van der Waals surface area contributed by atoms with Gasteiger partial charge in [0.05, 0.1) is 0 Å². The fraction of sp³-hybridized carbons (Fsp3) is 0.0952. The average molecular weight is 502 g/mol. The fourth-order valence-electron chi connectivity index (χ4n) is 2.60. The van der Waals surface area contributed by atoms with Gasteiger partial charge in [0.25, 0.3) is 0 Å². The molecule has 3 rings (SSSR count). The Morgan fingerprint density at radius 2 is 1.78 bits per heavy atom. The number of nitrogens with zero attached hydrogens (tertiary/aromatic N) is 2. The summed E-state index contributed by atoms with van der Waals surface area (Å²) >= 11 is -4.87. The van der Waals surface area contributed by atoms with Crippen LogP contribution in [0.1, 0.15) is 23.0 Å². The standard InChI is InChI=1S/C14H15AsN2O5.C7H8N2O/c1-11(18)17(10-13-4-2-3-9-16-13)14-7-5-12(6-8-14)15(19,20)22-21;8-6-3-1-2-5(4-6)7(9)10/h2-9,21H,10H2,1H3,(H,19,20);1-4H,8H2,(H2,9,10). The van der Waals surface area contributed by atoms with Crippen LogP contribution >= 0.6 is 0 Å². The Hall–Kier alpha value is -3.43. The molecule has 1 atom stereocenters. The van der Waals surface area contributed by atoms with Crippen molar-refractivity contribution in [3.63, 3.8) is 0 Å². The van der Waals surface area contributed by atoms with E-state index in [1.807, 2.05) is 6.07 Å². The second-order valence-electron chi connectivity index (χ2n) is 6.53. The normalized spacial score (nSPS) is 12.1. The molecule has 11 heteroatoms. The van der Waals surface area contributed by atoms with Crippen molar-refractivity contribution in [2.75, 3.05) is 10.6 Å². The largest absolute Gasteiger partial charge is 0.399 e. The molecule has 0 saturated heterocycles.